The van der Waals surface area contributed by atoms with Gasteiger partial charge < -0.3 is 9.32 Å². The van der Waals surface area contributed by atoms with Crippen LogP contribution in [-0.4, -0.2) is 0 Å². The highest BCUT2D eigenvalue weighted by Crippen LogP contribution is 2.41. The average molecular weight is 664 g/mol. The summed E-state index contributed by atoms with van der Waals surface area (Å²) in [4.78, 5) is 2.35. The van der Waals surface area contributed by atoms with Crippen molar-refractivity contribution in [3.8, 4) is 33.4 Å². The molecule has 1 aromatic heterocycles. The van der Waals surface area contributed by atoms with Crippen LogP contribution in [0, 0.1) is 0 Å². The molecule has 0 aliphatic carbocycles. The Kier molecular flexibility index (Phi) is 7.18. The first kappa shape index (κ1) is 30.0. The van der Waals surface area contributed by atoms with Crippen LogP contribution in [0.25, 0.3) is 76.9 Å². The second-order valence-electron chi connectivity index (χ2n) is 13.3. The van der Waals surface area contributed by atoms with E-state index in [-0.39, 0.29) is 0 Å². The summed E-state index contributed by atoms with van der Waals surface area (Å²) in [6.07, 6.45) is 0. The Bertz CT molecular complexity index is 2880. The number of anilines is 3. The van der Waals surface area contributed by atoms with E-state index in [1.54, 1.807) is 0 Å². The van der Waals surface area contributed by atoms with Crippen molar-refractivity contribution in [2.45, 2.75) is 0 Å². The van der Waals surface area contributed by atoms with Gasteiger partial charge in [0.05, 0.1) is 0 Å². The van der Waals surface area contributed by atoms with Gasteiger partial charge in [-0.25, -0.2) is 0 Å². The first-order valence-corrected chi connectivity index (χ1v) is 17.8. The number of fused-ring (bicyclic) bond motifs is 6. The Morgan fingerprint density at radius 1 is 0.308 bits per heavy atom. The van der Waals surface area contributed by atoms with Crippen LogP contribution in [0.5, 0.6) is 0 Å². The van der Waals surface area contributed by atoms with Gasteiger partial charge in [-0.05, 0) is 110 Å². The molecule has 0 saturated carbocycles. The molecule has 0 aliphatic rings. The van der Waals surface area contributed by atoms with Gasteiger partial charge in [-0.2, -0.15) is 0 Å². The Hall–Kier alpha value is -6.90. The summed E-state index contributed by atoms with van der Waals surface area (Å²) in [6, 6.07) is 71.7. The average Bonchev–Trinajstić information content (AvgIpc) is 3.60. The molecule has 2 heteroatoms. The molecular formula is C50H33NO. The normalized spacial score (nSPS) is 11.5. The molecule has 0 N–H and O–H groups in total. The maximum Gasteiger partial charge on any atom is 0.136 e. The summed E-state index contributed by atoms with van der Waals surface area (Å²) in [5.74, 6) is 0. The third-order valence-corrected chi connectivity index (χ3v) is 10.3. The van der Waals surface area contributed by atoms with Crippen molar-refractivity contribution in [2.75, 3.05) is 4.90 Å². The zero-order valence-corrected chi connectivity index (χ0v) is 28.4. The molecule has 0 atom stereocenters. The van der Waals surface area contributed by atoms with Crippen molar-refractivity contribution in [2.24, 2.45) is 0 Å². The summed E-state index contributed by atoms with van der Waals surface area (Å²) in [5.41, 5.74) is 12.2. The van der Waals surface area contributed by atoms with Gasteiger partial charge in [0.2, 0.25) is 0 Å². The molecule has 0 fully saturated rings. The summed E-state index contributed by atoms with van der Waals surface area (Å²) in [5, 5.41) is 7.25. The second kappa shape index (κ2) is 12.5. The number of rotatable bonds is 6. The van der Waals surface area contributed by atoms with Crippen LogP contribution in [0.3, 0.4) is 0 Å². The molecule has 0 unspecified atom stereocenters. The van der Waals surface area contributed by atoms with Crippen molar-refractivity contribution in [3.63, 3.8) is 0 Å². The Balaban J connectivity index is 1.06. The van der Waals surface area contributed by atoms with Gasteiger partial charge >= 0.3 is 0 Å². The fraction of sp³-hybridized carbons (Fsp3) is 0. The smallest absolute Gasteiger partial charge is 0.136 e. The highest BCUT2D eigenvalue weighted by Gasteiger charge is 2.16. The number of hydrogen-bond acceptors (Lipinski definition) is 2. The Labute approximate surface area is 302 Å². The number of hydrogen-bond donors (Lipinski definition) is 0. The maximum absolute atomic E-state index is 6.41. The minimum atomic E-state index is 0.901. The fourth-order valence-electron chi connectivity index (χ4n) is 7.70. The lowest BCUT2D eigenvalue weighted by Gasteiger charge is -2.26. The molecule has 0 saturated heterocycles. The van der Waals surface area contributed by atoms with Gasteiger partial charge in [-0.15, -0.1) is 0 Å². The topological polar surface area (TPSA) is 16.4 Å². The molecule has 0 bridgehead atoms. The molecule has 0 spiro atoms. The predicted molar refractivity (Wildman–Crippen MR) is 220 cm³/mol. The molecular weight excluding hydrogens is 631 g/mol. The first-order chi connectivity index (χ1) is 25.8. The predicted octanol–water partition coefficient (Wildman–Crippen LogP) is 14.4. The van der Waals surface area contributed by atoms with Gasteiger partial charge in [0.25, 0.3) is 0 Å². The summed E-state index contributed by atoms with van der Waals surface area (Å²) in [6.45, 7) is 0. The van der Waals surface area contributed by atoms with E-state index in [9.17, 15) is 0 Å². The fourth-order valence-corrected chi connectivity index (χ4v) is 7.70. The highest BCUT2D eigenvalue weighted by atomic mass is 16.3. The largest absolute Gasteiger partial charge is 0.456 e. The van der Waals surface area contributed by atoms with Crippen molar-refractivity contribution in [1.29, 1.82) is 0 Å². The standard InChI is InChI=1S/C50H33NO/c1-2-10-34(11-3-1)35-20-26-41(27-21-35)51(43-16-8-15-40(32-43)45-19-9-14-37-12-4-6-17-44(37)45)42-28-22-36(23-29-42)39-24-30-47-49(33-39)52-48-31-25-38-13-5-7-18-46(38)50(47)48/h1-33H. The van der Waals surface area contributed by atoms with Gasteiger partial charge in [0.1, 0.15) is 11.2 Å². The highest BCUT2D eigenvalue weighted by molar-refractivity contribution is 6.19. The van der Waals surface area contributed by atoms with E-state index in [0.29, 0.717) is 0 Å². The molecule has 10 aromatic rings. The van der Waals surface area contributed by atoms with Gasteiger partial charge in [-0.1, -0.05) is 146 Å². The number of furan rings is 1. The third kappa shape index (κ3) is 5.21. The quantitative estimate of drug-likeness (QED) is 0.176. The third-order valence-electron chi connectivity index (χ3n) is 10.3. The SMILES string of the molecule is c1ccc(-c2ccc(N(c3ccc(-c4ccc5c(c4)oc4ccc6ccccc6c45)cc3)c3cccc(-c4cccc5ccccc45)c3)cc2)cc1. The molecule has 0 aliphatic heterocycles. The lowest BCUT2D eigenvalue weighted by Crippen LogP contribution is -2.10. The van der Waals surface area contributed by atoms with Crippen molar-refractivity contribution >= 4 is 60.5 Å². The van der Waals surface area contributed by atoms with Crippen molar-refractivity contribution in [3.05, 3.63) is 200 Å². The lowest BCUT2D eigenvalue weighted by atomic mass is 9.97. The minimum Gasteiger partial charge on any atom is -0.456 e. The lowest BCUT2D eigenvalue weighted by molar-refractivity contribution is 0.669. The van der Waals surface area contributed by atoms with Gasteiger partial charge in [0.15, 0.2) is 0 Å². The molecule has 52 heavy (non-hydrogen) atoms. The van der Waals surface area contributed by atoms with Crippen molar-refractivity contribution in [1.82, 2.24) is 0 Å². The van der Waals surface area contributed by atoms with Gasteiger partial charge in [0, 0.05) is 27.8 Å². The molecule has 2 nitrogen and oxygen atoms in total. The van der Waals surface area contributed by atoms with Crippen LogP contribution < -0.4 is 4.90 Å². The second-order valence-corrected chi connectivity index (χ2v) is 13.3. The molecule has 0 radical (unpaired) electrons. The van der Waals surface area contributed by atoms with Crippen LogP contribution in [0.4, 0.5) is 17.1 Å². The van der Waals surface area contributed by atoms with Crippen LogP contribution >= 0.6 is 0 Å². The van der Waals surface area contributed by atoms with E-state index in [1.807, 2.05) is 0 Å². The maximum atomic E-state index is 6.41. The minimum absolute atomic E-state index is 0.901. The molecule has 1 heterocycles. The van der Waals surface area contributed by atoms with Crippen LogP contribution in [0.2, 0.25) is 0 Å². The first-order valence-electron chi connectivity index (χ1n) is 17.8. The van der Waals surface area contributed by atoms with E-state index >= 15 is 0 Å². The summed E-state index contributed by atoms with van der Waals surface area (Å²) < 4.78 is 6.41. The molecule has 9 aromatic carbocycles. The van der Waals surface area contributed by atoms with Crippen LogP contribution in [0.1, 0.15) is 0 Å². The summed E-state index contributed by atoms with van der Waals surface area (Å²) >= 11 is 0. The Morgan fingerprint density at radius 2 is 0.885 bits per heavy atom. The number of nitrogens with zero attached hydrogens (tertiary/aromatic N) is 1. The Morgan fingerprint density at radius 3 is 1.65 bits per heavy atom. The zero-order chi connectivity index (χ0) is 34.4. The zero-order valence-electron chi connectivity index (χ0n) is 28.4. The van der Waals surface area contributed by atoms with Crippen molar-refractivity contribution < 1.29 is 4.42 Å². The number of benzene rings is 9. The van der Waals surface area contributed by atoms with E-state index in [4.69, 9.17) is 4.42 Å². The molecule has 244 valence electrons. The monoisotopic (exact) mass is 663 g/mol. The van der Waals surface area contributed by atoms with E-state index < -0.39 is 0 Å². The molecule has 0 amide bonds. The van der Waals surface area contributed by atoms with E-state index in [2.05, 4.69) is 205 Å². The van der Waals surface area contributed by atoms with Crippen LogP contribution in [0.15, 0.2) is 205 Å². The summed E-state index contributed by atoms with van der Waals surface area (Å²) in [7, 11) is 0. The molecule has 10 rings (SSSR count). The van der Waals surface area contributed by atoms with E-state index in [1.165, 1.54) is 49.2 Å². The van der Waals surface area contributed by atoms with E-state index in [0.717, 1.165) is 44.7 Å². The van der Waals surface area contributed by atoms with Crippen LogP contribution in [-0.2, 0) is 0 Å². The van der Waals surface area contributed by atoms with Gasteiger partial charge in [-0.3, -0.25) is 0 Å².